The molecular weight excluding hydrogens is 385 g/mol. The van der Waals surface area contributed by atoms with Crippen LogP contribution < -0.4 is 16.4 Å². The molecule has 3 heterocycles. The molecule has 0 radical (unpaired) electrons. The first-order chi connectivity index (χ1) is 12.2. The van der Waals surface area contributed by atoms with Crippen LogP contribution in [0.2, 0.25) is 0 Å². The van der Waals surface area contributed by atoms with Gasteiger partial charge >= 0.3 is 0 Å². The molecule has 4 rings (SSSR count). The van der Waals surface area contributed by atoms with Crippen LogP contribution in [0, 0.1) is 6.92 Å². The summed E-state index contributed by atoms with van der Waals surface area (Å²) < 4.78 is 0. The fourth-order valence-corrected chi connectivity index (χ4v) is 3.80. The molecular formula is C18H27Cl2N7. The van der Waals surface area contributed by atoms with Gasteiger partial charge in [-0.25, -0.2) is 15.0 Å². The minimum Gasteiger partial charge on any atom is -0.369 e. The maximum Gasteiger partial charge on any atom is 0.222 e. The molecule has 0 spiro atoms. The van der Waals surface area contributed by atoms with Crippen LogP contribution >= 0.6 is 24.8 Å². The van der Waals surface area contributed by atoms with E-state index >= 15 is 0 Å². The fourth-order valence-electron chi connectivity index (χ4n) is 3.80. The minimum atomic E-state index is 0. The van der Waals surface area contributed by atoms with Crippen LogP contribution in [0.3, 0.4) is 0 Å². The normalized spacial score (nSPS) is 15.0. The number of nitrogens with two attached hydrogens (primary N) is 1. The van der Waals surface area contributed by atoms with Crippen molar-refractivity contribution < 1.29 is 0 Å². The zero-order valence-electron chi connectivity index (χ0n) is 15.5. The lowest BCUT2D eigenvalue weighted by Crippen LogP contribution is -2.16. The van der Waals surface area contributed by atoms with Gasteiger partial charge in [0.05, 0.1) is 5.69 Å². The van der Waals surface area contributed by atoms with Gasteiger partial charge in [0.1, 0.15) is 11.6 Å². The van der Waals surface area contributed by atoms with E-state index in [0.29, 0.717) is 5.95 Å². The van der Waals surface area contributed by atoms with E-state index in [1.165, 1.54) is 23.2 Å². The highest BCUT2D eigenvalue weighted by Gasteiger charge is 2.18. The summed E-state index contributed by atoms with van der Waals surface area (Å²) in [6, 6.07) is 0. The molecule has 0 fully saturated rings. The van der Waals surface area contributed by atoms with E-state index in [1.807, 2.05) is 0 Å². The third-order valence-corrected chi connectivity index (χ3v) is 5.03. The number of hydrogen-bond acceptors (Lipinski definition) is 7. The molecule has 7 nitrogen and oxygen atoms in total. The molecule has 4 N–H and O–H groups in total. The van der Waals surface area contributed by atoms with Gasteiger partial charge in [-0.15, -0.1) is 24.8 Å². The van der Waals surface area contributed by atoms with Gasteiger partial charge in [-0.05, 0) is 44.7 Å². The Morgan fingerprint density at radius 3 is 2.56 bits per heavy atom. The summed E-state index contributed by atoms with van der Waals surface area (Å²) in [4.78, 5) is 18.3. The molecule has 1 aliphatic carbocycles. The second-order valence-corrected chi connectivity index (χ2v) is 6.79. The van der Waals surface area contributed by atoms with Gasteiger partial charge in [0.25, 0.3) is 0 Å². The zero-order chi connectivity index (χ0) is 17.2. The van der Waals surface area contributed by atoms with Crippen LogP contribution in [-0.4, -0.2) is 39.6 Å². The number of anilines is 2. The summed E-state index contributed by atoms with van der Waals surface area (Å²) in [5, 5.41) is 6.83. The maximum atomic E-state index is 5.89. The molecule has 0 saturated heterocycles. The smallest absolute Gasteiger partial charge is 0.222 e. The number of aromatic nitrogens is 4. The fraction of sp³-hybridized carbons (Fsp3) is 0.556. The lowest BCUT2D eigenvalue weighted by Gasteiger charge is -2.13. The van der Waals surface area contributed by atoms with Gasteiger partial charge in [-0.1, -0.05) is 0 Å². The number of aryl methyl sites for hydroxylation is 2. The number of hydrogen-bond donors (Lipinski definition) is 3. The molecule has 0 unspecified atom stereocenters. The third-order valence-electron chi connectivity index (χ3n) is 5.03. The average Bonchev–Trinajstić information content (AvgIpc) is 2.93. The van der Waals surface area contributed by atoms with Gasteiger partial charge in [-0.3, -0.25) is 0 Å². The molecule has 2 aliphatic rings. The van der Waals surface area contributed by atoms with E-state index in [9.17, 15) is 0 Å². The summed E-state index contributed by atoms with van der Waals surface area (Å²) in [7, 11) is 0. The Labute approximate surface area is 172 Å². The van der Waals surface area contributed by atoms with E-state index in [-0.39, 0.29) is 24.8 Å². The molecule has 27 heavy (non-hydrogen) atoms. The Morgan fingerprint density at radius 2 is 1.70 bits per heavy atom. The quantitative estimate of drug-likeness (QED) is 0.704. The van der Waals surface area contributed by atoms with Crippen molar-refractivity contribution in [2.75, 3.05) is 30.7 Å². The molecule has 0 aromatic carbocycles. The van der Waals surface area contributed by atoms with Crippen LogP contribution in [0.25, 0.3) is 0 Å². The first kappa shape index (κ1) is 21.6. The van der Waals surface area contributed by atoms with E-state index in [4.69, 9.17) is 10.7 Å². The van der Waals surface area contributed by atoms with Gasteiger partial charge in [0.15, 0.2) is 0 Å². The monoisotopic (exact) mass is 411 g/mol. The topological polar surface area (TPSA) is 102 Å². The number of halogens is 2. The molecule has 148 valence electrons. The van der Waals surface area contributed by atoms with E-state index in [0.717, 1.165) is 74.8 Å². The Kier molecular flexibility index (Phi) is 7.59. The molecule has 2 aromatic heterocycles. The lowest BCUT2D eigenvalue weighted by atomic mass is 10.1. The molecule has 0 atom stereocenters. The van der Waals surface area contributed by atoms with Gasteiger partial charge in [-0.2, -0.15) is 4.98 Å². The maximum absolute atomic E-state index is 5.89. The molecule has 0 bridgehead atoms. The van der Waals surface area contributed by atoms with Crippen molar-refractivity contribution in [1.29, 1.82) is 0 Å². The van der Waals surface area contributed by atoms with Gasteiger partial charge < -0.3 is 16.4 Å². The third kappa shape index (κ3) is 4.78. The number of nitrogens with zero attached hydrogens (tertiary/aromatic N) is 4. The lowest BCUT2D eigenvalue weighted by molar-refractivity contribution is 0.708. The van der Waals surface area contributed by atoms with Crippen molar-refractivity contribution in [3.63, 3.8) is 0 Å². The molecule has 0 amide bonds. The summed E-state index contributed by atoms with van der Waals surface area (Å²) in [6.07, 6.45) is 6.01. The molecule has 2 aromatic rings. The predicted octanol–water partition coefficient (Wildman–Crippen LogP) is 1.83. The second kappa shape index (κ2) is 9.48. The highest BCUT2D eigenvalue weighted by Crippen LogP contribution is 2.23. The van der Waals surface area contributed by atoms with E-state index < -0.39 is 0 Å². The summed E-state index contributed by atoms with van der Waals surface area (Å²) >= 11 is 0. The van der Waals surface area contributed by atoms with Crippen LogP contribution in [0.15, 0.2) is 0 Å². The van der Waals surface area contributed by atoms with Crippen molar-refractivity contribution >= 4 is 36.6 Å². The van der Waals surface area contributed by atoms with Crippen molar-refractivity contribution in [1.82, 2.24) is 25.3 Å². The Bertz CT molecular complexity index is 798. The molecule has 0 saturated carbocycles. The number of fused-ring (bicyclic) bond motifs is 2. The van der Waals surface area contributed by atoms with Gasteiger partial charge in [0, 0.05) is 42.9 Å². The van der Waals surface area contributed by atoms with Crippen molar-refractivity contribution in [3.8, 4) is 0 Å². The van der Waals surface area contributed by atoms with Crippen LogP contribution in [-0.2, 0) is 32.1 Å². The standard InChI is InChI=1S/C18H25N7.2ClH/c1-11-12-3-2-4-14(12)23-16(22-11)7-10-21-17-13-5-8-20-9-6-15(13)24-18(19)25-17;;/h20H,2-10H2,1H3,(H3,19,21,24,25);2*1H. The van der Waals surface area contributed by atoms with E-state index in [2.05, 4.69) is 32.5 Å². The summed E-state index contributed by atoms with van der Waals surface area (Å²) in [5.41, 5.74) is 11.9. The van der Waals surface area contributed by atoms with Crippen LogP contribution in [0.4, 0.5) is 11.8 Å². The van der Waals surface area contributed by atoms with Crippen LogP contribution in [0.5, 0.6) is 0 Å². The Balaban J connectivity index is 0.00000131. The first-order valence-corrected chi connectivity index (χ1v) is 9.16. The number of nitrogens with one attached hydrogen (secondary N) is 2. The Hall–Kier alpha value is -1.70. The van der Waals surface area contributed by atoms with Crippen molar-refractivity contribution in [2.24, 2.45) is 0 Å². The largest absolute Gasteiger partial charge is 0.369 e. The highest BCUT2D eigenvalue weighted by atomic mass is 35.5. The van der Waals surface area contributed by atoms with E-state index in [1.54, 1.807) is 0 Å². The van der Waals surface area contributed by atoms with Crippen molar-refractivity contribution in [3.05, 3.63) is 34.0 Å². The minimum absolute atomic E-state index is 0. The predicted molar refractivity (Wildman–Crippen MR) is 112 cm³/mol. The second-order valence-electron chi connectivity index (χ2n) is 6.79. The average molecular weight is 412 g/mol. The number of rotatable bonds is 4. The number of nitrogen functional groups attached to an aromatic ring is 1. The van der Waals surface area contributed by atoms with Crippen molar-refractivity contribution in [2.45, 2.75) is 45.4 Å². The summed E-state index contributed by atoms with van der Waals surface area (Å²) in [6.45, 7) is 4.72. The van der Waals surface area contributed by atoms with Crippen LogP contribution in [0.1, 0.15) is 40.5 Å². The first-order valence-electron chi connectivity index (χ1n) is 9.16. The Morgan fingerprint density at radius 1 is 0.926 bits per heavy atom. The summed E-state index contributed by atoms with van der Waals surface area (Å²) in [5.74, 6) is 2.12. The zero-order valence-corrected chi connectivity index (χ0v) is 17.2. The molecule has 1 aliphatic heterocycles. The SMILES string of the molecule is Cc1nc(CCNc2nc(N)nc3c2CCNCC3)nc2c1CCC2.Cl.Cl. The molecule has 9 heteroatoms. The van der Waals surface area contributed by atoms with Gasteiger partial charge in [0.2, 0.25) is 5.95 Å². The highest BCUT2D eigenvalue weighted by molar-refractivity contribution is 5.85.